The van der Waals surface area contributed by atoms with E-state index in [1.54, 1.807) is 11.8 Å². The Morgan fingerprint density at radius 3 is 2.83 bits per heavy atom. The molecule has 0 atom stereocenters. The molecule has 96 valence electrons. The summed E-state index contributed by atoms with van der Waals surface area (Å²) in [6.45, 7) is 5.87. The van der Waals surface area contributed by atoms with Crippen molar-refractivity contribution in [2.24, 2.45) is 0 Å². The Morgan fingerprint density at radius 2 is 2.11 bits per heavy atom. The Morgan fingerprint density at radius 1 is 1.33 bits per heavy atom. The number of thioether (sulfide) groups is 1. The second-order valence-electron chi connectivity index (χ2n) is 4.15. The van der Waals surface area contributed by atoms with Crippen LogP contribution in [-0.2, 0) is 13.1 Å². The van der Waals surface area contributed by atoms with E-state index in [-0.39, 0.29) is 0 Å². The van der Waals surface area contributed by atoms with Gasteiger partial charge in [0.25, 0.3) is 0 Å². The van der Waals surface area contributed by atoms with Crippen molar-refractivity contribution in [3.8, 4) is 0 Å². The fraction of sp³-hybridized carbons (Fsp3) is 0.357. The van der Waals surface area contributed by atoms with E-state index < -0.39 is 0 Å². The van der Waals surface area contributed by atoms with E-state index in [1.165, 1.54) is 16.3 Å². The lowest BCUT2D eigenvalue weighted by atomic mass is 10.3. The van der Waals surface area contributed by atoms with Gasteiger partial charge in [-0.05, 0) is 38.3 Å². The van der Waals surface area contributed by atoms with Gasteiger partial charge < -0.3 is 5.32 Å². The van der Waals surface area contributed by atoms with Crippen molar-refractivity contribution in [1.82, 2.24) is 9.78 Å². The lowest BCUT2D eigenvalue weighted by Crippen LogP contribution is -2.08. The fourth-order valence-electron chi connectivity index (χ4n) is 1.99. The van der Waals surface area contributed by atoms with Crippen molar-refractivity contribution in [2.45, 2.75) is 31.8 Å². The number of aryl methyl sites for hydroxylation is 2. The third-order valence-corrected chi connectivity index (χ3v) is 3.65. The summed E-state index contributed by atoms with van der Waals surface area (Å²) in [6.07, 6.45) is 2.10. The molecule has 0 fully saturated rings. The minimum absolute atomic E-state index is 0.812. The molecular weight excluding hydrogens is 242 g/mol. The summed E-state index contributed by atoms with van der Waals surface area (Å²) in [5.41, 5.74) is 3.49. The fourth-order valence-corrected chi connectivity index (χ4v) is 2.57. The molecule has 0 unspecified atom stereocenters. The SMILES string of the molecule is CCn1nc(C)cc1CNc1ccccc1SC. The first-order valence-electron chi connectivity index (χ1n) is 6.14. The van der Waals surface area contributed by atoms with Crippen LogP contribution in [0.1, 0.15) is 18.3 Å². The number of anilines is 1. The average molecular weight is 261 g/mol. The second-order valence-corrected chi connectivity index (χ2v) is 4.99. The summed E-state index contributed by atoms with van der Waals surface area (Å²) in [7, 11) is 0. The van der Waals surface area contributed by atoms with Crippen LogP contribution >= 0.6 is 11.8 Å². The molecule has 1 aromatic heterocycles. The van der Waals surface area contributed by atoms with E-state index >= 15 is 0 Å². The molecule has 2 aromatic rings. The third kappa shape index (κ3) is 2.88. The topological polar surface area (TPSA) is 29.9 Å². The summed E-state index contributed by atoms with van der Waals surface area (Å²) in [5.74, 6) is 0. The molecule has 1 N–H and O–H groups in total. The molecule has 0 aliphatic rings. The Labute approximate surface area is 113 Å². The minimum atomic E-state index is 0.812. The Kier molecular flexibility index (Phi) is 4.31. The molecule has 0 spiro atoms. The lowest BCUT2D eigenvalue weighted by molar-refractivity contribution is 0.622. The van der Waals surface area contributed by atoms with Crippen LogP contribution in [0.3, 0.4) is 0 Å². The lowest BCUT2D eigenvalue weighted by Gasteiger charge is -2.11. The number of hydrogen-bond donors (Lipinski definition) is 1. The predicted molar refractivity (Wildman–Crippen MR) is 78.2 cm³/mol. The minimum Gasteiger partial charge on any atom is -0.378 e. The van der Waals surface area contributed by atoms with E-state index in [9.17, 15) is 0 Å². The number of hydrogen-bond acceptors (Lipinski definition) is 3. The summed E-state index contributed by atoms with van der Waals surface area (Å²) in [6, 6.07) is 10.5. The van der Waals surface area contributed by atoms with Gasteiger partial charge in [0.15, 0.2) is 0 Å². The highest BCUT2D eigenvalue weighted by molar-refractivity contribution is 7.98. The molecule has 1 aromatic carbocycles. The number of para-hydroxylation sites is 1. The van der Waals surface area contributed by atoms with Crippen LogP contribution in [0.5, 0.6) is 0 Å². The zero-order valence-corrected chi connectivity index (χ0v) is 11.9. The zero-order chi connectivity index (χ0) is 13.0. The molecule has 0 saturated carbocycles. The maximum Gasteiger partial charge on any atom is 0.0597 e. The standard InChI is InChI=1S/C14H19N3S/c1-4-17-12(9-11(2)16-17)10-15-13-7-5-6-8-14(13)18-3/h5-9,15H,4,10H2,1-3H3. The quantitative estimate of drug-likeness (QED) is 0.835. The van der Waals surface area contributed by atoms with Gasteiger partial charge in [-0.3, -0.25) is 4.68 Å². The maximum absolute atomic E-state index is 4.46. The first kappa shape index (κ1) is 13.0. The molecular formula is C14H19N3S. The number of nitrogens with one attached hydrogen (secondary N) is 1. The predicted octanol–water partition coefficient (Wildman–Crippen LogP) is 3.55. The number of aromatic nitrogens is 2. The van der Waals surface area contributed by atoms with Crippen LogP contribution < -0.4 is 5.32 Å². The van der Waals surface area contributed by atoms with Crippen molar-refractivity contribution in [2.75, 3.05) is 11.6 Å². The molecule has 0 saturated heterocycles. The molecule has 0 bridgehead atoms. The highest BCUT2D eigenvalue weighted by Gasteiger charge is 2.05. The third-order valence-electron chi connectivity index (χ3n) is 2.85. The van der Waals surface area contributed by atoms with Crippen LogP contribution in [-0.4, -0.2) is 16.0 Å². The average Bonchev–Trinajstić information content (AvgIpc) is 2.77. The summed E-state index contributed by atoms with van der Waals surface area (Å²) >= 11 is 1.76. The van der Waals surface area contributed by atoms with Crippen LogP contribution in [0.25, 0.3) is 0 Å². The van der Waals surface area contributed by atoms with Gasteiger partial charge in [-0.15, -0.1) is 11.8 Å². The van der Waals surface area contributed by atoms with Crippen molar-refractivity contribution < 1.29 is 0 Å². The first-order chi connectivity index (χ1) is 8.74. The Bertz CT molecular complexity index is 520. The molecule has 0 aliphatic carbocycles. The molecule has 2 rings (SSSR count). The molecule has 4 heteroatoms. The van der Waals surface area contributed by atoms with E-state index in [2.05, 4.69) is 53.9 Å². The van der Waals surface area contributed by atoms with Crippen molar-refractivity contribution >= 4 is 17.4 Å². The number of nitrogens with zero attached hydrogens (tertiary/aromatic N) is 2. The van der Waals surface area contributed by atoms with Gasteiger partial charge in [0.1, 0.15) is 0 Å². The summed E-state index contributed by atoms with van der Waals surface area (Å²) in [4.78, 5) is 1.27. The molecule has 18 heavy (non-hydrogen) atoms. The molecule has 0 amide bonds. The highest BCUT2D eigenvalue weighted by Crippen LogP contribution is 2.25. The van der Waals surface area contributed by atoms with Gasteiger partial charge >= 0.3 is 0 Å². The van der Waals surface area contributed by atoms with Crippen molar-refractivity contribution in [3.63, 3.8) is 0 Å². The summed E-state index contributed by atoms with van der Waals surface area (Å²) in [5, 5.41) is 7.94. The molecule has 1 heterocycles. The van der Waals surface area contributed by atoms with Crippen molar-refractivity contribution in [1.29, 1.82) is 0 Å². The van der Waals surface area contributed by atoms with Gasteiger partial charge in [-0.25, -0.2) is 0 Å². The Hall–Kier alpha value is -1.42. The van der Waals surface area contributed by atoms with Gasteiger partial charge in [0.05, 0.1) is 17.9 Å². The van der Waals surface area contributed by atoms with Gasteiger partial charge in [-0.2, -0.15) is 5.10 Å². The van der Waals surface area contributed by atoms with Crippen molar-refractivity contribution in [3.05, 3.63) is 41.7 Å². The molecule has 0 aliphatic heterocycles. The van der Waals surface area contributed by atoms with Crippen LogP contribution in [0, 0.1) is 6.92 Å². The normalized spacial score (nSPS) is 10.6. The van der Waals surface area contributed by atoms with Gasteiger partial charge in [0.2, 0.25) is 0 Å². The number of rotatable bonds is 5. The maximum atomic E-state index is 4.46. The largest absolute Gasteiger partial charge is 0.378 e. The van der Waals surface area contributed by atoms with Gasteiger partial charge in [-0.1, -0.05) is 12.1 Å². The molecule has 0 radical (unpaired) electrons. The first-order valence-corrected chi connectivity index (χ1v) is 7.37. The molecule has 3 nitrogen and oxygen atoms in total. The van der Waals surface area contributed by atoms with Crippen LogP contribution in [0.15, 0.2) is 35.2 Å². The van der Waals surface area contributed by atoms with Crippen LogP contribution in [0.2, 0.25) is 0 Å². The smallest absolute Gasteiger partial charge is 0.0597 e. The second kappa shape index (κ2) is 5.96. The van der Waals surface area contributed by atoms with E-state index in [0.29, 0.717) is 0 Å². The Balaban J connectivity index is 2.11. The number of benzene rings is 1. The van der Waals surface area contributed by atoms with E-state index in [1.807, 2.05) is 11.6 Å². The van der Waals surface area contributed by atoms with E-state index in [4.69, 9.17) is 0 Å². The highest BCUT2D eigenvalue weighted by atomic mass is 32.2. The zero-order valence-electron chi connectivity index (χ0n) is 11.1. The van der Waals surface area contributed by atoms with E-state index in [0.717, 1.165) is 18.8 Å². The van der Waals surface area contributed by atoms with Gasteiger partial charge in [0, 0.05) is 17.1 Å². The monoisotopic (exact) mass is 261 g/mol. The summed E-state index contributed by atoms with van der Waals surface area (Å²) < 4.78 is 2.05. The van der Waals surface area contributed by atoms with Crippen LogP contribution in [0.4, 0.5) is 5.69 Å².